The Morgan fingerprint density at radius 3 is 2.55 bits per heavy atom. The average molecular weight is 391 g/mol. The molecule has 1 heterocycles. The molecule has 2 aromatic carbocycles. The molecule has 0 aliphatic carbocycles. The van der Waals surface area contributed by atoms with Crippen LogP contribution in [-0.4, -0.2) is 33.7 Å². The number of aliphatic hydroxyl groups excluding tert-OH is 1. The Hall–Kier alpha value is -3.54. The topological polar surface area (TPSA) is 67.5 Å². The van der Waals surface area contributed by atoms with Crippen molar-refractivity contribution in [1.29, 1.82) is 0 Å². The zero-order valence-electron chi connectivity index (χ0n) is 16.1. The lowest BCUT2D eigenvalue weighted by molar-refractivity contribution is -0.111. The number of aryl methyl sites for hydroxylation is 1. The first-order valence-electron chi connectivity index (χ1n) is 9.27. The van der Waals surface area contributed by atoms with E-state index in [1.54, 1.807) is 24.5 Å². The number of ketones is 1. The monoisotopic (exact) mass is 391 g/mol. The molecule has 29 heavy (non-hydrogen) atoms. The predicted molar refractivity (Wildman–Crippen MR) is 112 cm³/mol. The van der Waals surface area contributed by atoms with Crippen LogP contribution in [0.15, 0.2) is 77.7 Å². The van der Waals surface area contributed by atoms with Crippen LogP contribution in [0.3, 0.4) is 0 Å². The number of nitrogens with zero attached hydrogens (tertiary/aromatic N) is 3. The number of carbonyl (C=O) groups excluding carboxylic acids is 1. The largest absolute Gasteiger partial charge is 0.504 e. The number of imidazole rings is 1. The molecular formula is C23H22FN3O2. The number of allylic oxidation sites excluding steroid dienone is 1. The standard InChI is InChI=1S/C23H22FN3O2/c1-25-16-22(29)21(28)15-23-26-12-14-27(23)13-11-20(17-5-3-2-4-6-17)18-7-9-19(24)10-8-18/h2-10,12,14-16,20,28H,11,13H2,1H3/b21-15-,25-16?/t20-/m1/s1. The maximum atomic E-state index is 13.4. The summed E-state index contributed by atoms with van der Waals surface area (Å²) in [4.78, 5) is 19.5. The van der Waals surface area contributed by atoms with E-state index in [-0.39, 0.29) is 11.7 Å². The van der Waals surface area contributed by atoms with Crippen LogP contribution in [0, 0.1) is 5.82 Å². The number of aliphatic imine (C=N–C) groups is 1. The van der Waals surface area contributed by atoms with Gasteiger partial charge in [-0.3, -0.25) is 9.79 Å². The third kappa shape index (κ3) is 5.25. The van der Waals surface area contributed by atoms with Crippen molar-refractivity contribution in [3.05, 3.63) is 95.5 Å². The van der Waals surface area contributed by atoms with Crippen molar-refractivity contribution in [2.24, 2.45) is 4.99 Å². The van der Waals surface area contributed by atoms with Crippen LogP contribution in [0.5, 0.6) is 0 Å². The summed E-state index contributed by atoms with van der Waals surface area (Å²) >= 11 is 0. The number of carbonyl (C=O) groups is 1. The Labute approximate surface area is 168 Å². The molecule has 1 N–H and O–H groups in total. The summed E-state index contributed by atoms with van der Waals surface area (Å²) in [5, 5.41) is 9.94. The Balaban J connectivity index is 1.82. The SMILES string of the molecule is CN=CC(=O)/C(O)=C/c1nccn1CC[C@H](c1ccccc1)c1ccc(F)cc1. The molecule has 1 aromatic heterocycles. The highest BCUT2D eigenvalue weighted by molar-refractivity contribution is 6.35. The summed E-state index contributed by atoms with van der Waals surface area (Å²) in [6, 6.07) is 16.6. The lowest BCUT2D eigenvalue weighted by atomic mass is 9.88. The van der Waals surface area contributed by atoms with Gasteiger partial charge in [0, 0.05) is 38.0 Å². The van der Waals surface area contributed by atoms with Crippen LogP contribution in [0.1, 0.15) is 29.3 Å². The molecule has 0 fully saturated rings. The Morgan fingerprint density at radius 2 is 1.86 bits per heavy atom. The van der Waals surface area contributed by atoms with E-state index in [4.69, 9.17) is 0 Å². The number of hydrogen-bond donors (Lipinski definition) is 1. The highest BCUT2D eigenvalue weighted by Gasteiger charge is 2.15. The molecule has 0 aliphatic rings. The van der Waals surface area contributed by atoms with Crippen molar-refractivity contribution >= 4 is 18.1 Å². The summed E-state index contributed by atoms with van der Waals surface area (Å²) < 4.78 is 15.2. The van der Waals surface area contributed by atoms with E-state index in [1.807, 2.05) is 22.8 Å². The highest BCUT2D eigenvalue weighted by atomic mass is 19.1. The molecule has 0 bridgehead atoms. The van der Waals surface area contributed by atoms with Gasteiger partial charge in [0.1, 0.15) is 11.6 Å². The second kappa shape index (κ2) is 9.59. The minimum atomic E-state index is -0.574. The van der Waals surface area contributed by atoms with Gasteiger partial charge in [0.25, 0.3) is 0 Å². The molecule has 0 amide bonds. The molecule has 0 aliphatic heterocycles. The number of rotatable bonds is 8. The van der Waals surface area contributed by atoms with Crippen molar-refractivity contribution in [3.8, 4) is 0 Å². The van der Waals surface area contributed by atoms with Crippen molar-refractivity contribution in [1.82, 2.24) is 9.55 Å². The van der Waals surface area contributed by atoms with Gasteiger partial charge in [-0.15, -0.1) is 0 Å². The Kier molecular flexibility index (Phi) is 6.68. The zero-order valence-corrected chi connectivity index (χ0v) is 16.1. The van der Waals surface area contributed by atoms with Gasteiger partial charge in [0.2, 0.25) is 5.78 Å². The van der Waals surface area contributed by atoms with Crippen molar-refractivity contribution in [2.75, 3.05) is 7.05 Å². The van der Waals surface area contributed by atoms with Crippen LogP contribution in [0.25, 0.3) is 6.08 Å². The number of aliphatic hydroxyl groups is 1. The van der Waals surface area contributed by atoms with Gasteiger partial charge in [-0.05, 0) is 29.7 Å². The molecular weight excluding hydrogens is 369 g/mol. The minimum absolute atomic E-state index is 0.0680. The summed E-state index contributed by atoms with van der Waals surface area (Å²) in [5.41, 5.74) is 2.15. The molecule has 0 radical (unpaired) electrons. The fraction of sp³-hybridized carbons (Fsp3) is 0.174. The molecule has 5 nitrogen and oxygen atoms in total. The predicted octanol–water partition coefficient (Wildman–Crippen LogP) is 4.41. The first-order chi connectivity index (χ1) is 14.1. The summed E-state index contributed by atoms with van der Waals surface area (Å²) in [5.74, 6) is -0.708. The van der Waals surface area contributed by atoms with E-state index >= 15 is 0 Å². The molecule has 0 saturated heterocycles. The van der Waals surface area contributed by atoms with E-state index in [0.29, 0.717) is 12.4 Å². The van der Waals surface area contributed by atoms with Crippen LogP contribution in [-0.2, 0) is 11.3 Å². The summed E-state index contributed by atoms with van der Waals surface area (Å²) in [7, 11) is 1.46. The smallest absolute Gasteiger partial charge is 0.237 e. The number of halogens is 1. The van der Waals surface area contributed by atoms with Gasteiger partial charge in [-0.25, -0.2) is 9.37 Å². The maximum absolute atomic E-state index is 13.4. The number of hydrogen-bond acceptors (Lipinski definition) is 4. The van der Waals surface area contributed by atoms with Crippen LogP contribution >= 0.6 is 0 Å². The molecule has 0 spiro atoms. The lowest BCUT2D eigenvalue weighted by Crippen LogP contribution is -2.09. The second-order valence-corrected chi connectivity index (χ2v) is 6.56. The van der Waals surface area contributed by atoms with Crippen LogP contribution < -0.4 is 0 Å². The first-order valence-corrected chi connectivity index (χ1v) is 9.27. The van der Waals surface area contributed by atoms with Crippen LogP contribution in [0.2, 0.25) is 0 Å². The Morgan fingerprint density at radius 1 is 1.17 bits per heavy atom. The van der Waals surface area contributed by atoms with Gasteiger partial charge in [0.15, 0.2) is 5.76 Å². The number of Topliss-reactive ketones (excluding diaryl/α,β-unsaturated/α-hetero) is 1. The molecule has 0 saturated carbocycles. The van der Waals surface area contributed by atoms with E-state index in [9.17, 15) is 14.3 Å². The zero-order chi connectivity index (χ0) is 20.6. The second-order valence-electron chi connectivity index (χ2n) is 6.56. The van der Waals surface area contributed by atoms with Gasteiger partial charge in [-0.1, -0.05) is 42.5 Å². The fourth-order valence-electron chi connectivity index (χ4n) is 3.20. The van der Waals surface area contributed by atoms with Crippen LogP contribution in [0.4, 0.5) is 4.39 Å². The number of aromatic nitrogens is 2. The molecule has 148 valence electrons. The molecule has 3 rings (SSSR count). The van der Waals surface area contributed by atoms with Gasteiger partial charge in [0.05, 0.1) is 6.21 Å². The third-order valence-corrected chi connectivity index (χ3v) is 4.65. The first kappa shape index (κ1) is 20.2. The molecule has 6 heteroatoms. The minimum Gasteiger partial charge on any atom is -0.504 e. The maximum Gasteiger partial charge on any atom is 0.237 e. The lowest BCUT2D eigenvalue weighted by Gasteiger charge is -2.19. The highest BCUT2D eigenvalue weighted by Crippen LogP contribution is 2.29. The molecule has 1 atom stereocenters. The molecule has 3 aromatic rings. The van der Waals surface area contributed by atoms with Gasteiger partial charge >= 0.3 is 0 Å². The third-order valence-electron chi connectivity index (χ3n) is 4.65. The summed E-state index contributed by atoms with van der Waals surface area (Å²) in [6.07, 6.45) is 6.54. The normalized spacial score (nSPS) is 13.0. The van der Waals surface area contributed by atoms with Crippen molar-refractivity contribution < 1.29 is 14.3 Å². The fourth-order valence-corrected chi connectivity index (χ4v) is 3.20. The summed E-state index contributed by atoms with van der Waals surface area (Å²) in [6.45, 7) is 0.603. The van der Waals surface area contributed by atoms with Gasteiger partial charge < -0.3 is 9.67 Å². The molecule has 0 unspecified atom stereocenters. The van der Waals surface area contributed by atoms with Crippen molar-refractivity contribution in [2.45, 2.75) is 18.9 Å². The van der Waals surface area contributed by atoms with E-state index in [1.165, 1.54) is 25.3 Å². The van der Waals surface area contributed by atoms with E-state index in [0.717, 1.165) is 23.8 Å². The van der Waals surface area contributed by atoms with Gasteiger partial charge in [-0.2, -0.15) is 0 Å². The Bertz CT molecular complexity index is 1010. The van der Waals surface area contributed by atoms with E-state index in [2.05, 4.69) is 22.1 Å². The average Bonchev–Trinajstić information content (AvgIpc) is 3.17. The number of benzene rings is 2. The quantitative estimate of drug-likeness (QED) is 0.351. The van der Waals surface area contributed by atoms with E-state index < -0.39 is 11.5 Å². The van der Waals surface area contributed by atoms with Crippen molar-refractivity contribution in [3.63, 3.8) is 0 Å².